The molecular weight excluding hydrogens is 318 g/mol. The lowest BCUT2D eigenvalue weighted by Crippen LogP contribution is -2.22. The number of hydroxylamine groups is 1. The van der Waals surface area contributed by atoms with Gasteiger partial charge >= 0.3 is 0 Å². The van der Waals surface area contributed by atoms with E-state index in [0.717, 1.165) is 6.07 Å². The van der Waals surface area contributed by atoms with Gasteiger partial charge in [-0.05, 0) is 29.7 Å². The minimum absolute atomic E-state index is 0.0423. The summed E-state index contributed by atoms with van der Waals surface area (Å²) in [7, 11) is 0. The van der Waals surface area contributed by atoms with Crippen LogP contribution in [0, 0.1) is 11.6 Å². The van der Waals surface area contributed by atoms with Gasteiger partial charge in [0, 0.05) is 22.7 Å². The first-order chi connectivity index (χ1) is 11.5. The first-order valence-electron chi connectivity index (χ1n) is 7.02. The van der Waals surface area contributed by atoms with Gasteiger partial charge in [-0.3, -0.25) is 14.8 Å². The molecule has 0 radical (unpaired) electrons. The molecule has 3 rings (SSSR count). The number of pyridine rings is 1. The zero-order valence-electron chi connectivity index (χ0n) is 12.3. The summed E-state index contributed by atoms with van der Waals surface area (Å²) < 4.78 is 28.3. The van der Waals surface area contributed by atoms with Crippen LogP contribution in [0.4, 0.5) is 8.78 Å². The number of fused-ring (bicyclic) bond motifs is 1. The monoisotopic (exact) mass is 330 g/mol. The number of halogens is 2. The third-order valence-corrected chi connectivity index (χ3v) is 3.71. The zero-order valence-corrected chi connectivity index (χ0v) is 12.3. The molecule has 0 aliphatic carbocycles. The lowest BCUT2D eigenvalue weighted by molar-refractivity contribution is 0.0706. The van der Waals surface area contributed by atoms with Crippen molar-refractivity contribution in [2.24, 2.45) is 0 Å². The van der Waals surface area contributed by atoms with Crippen molar-refractivity contribution in [2.45, 2.75) is 6.54 Å². The number of amides is 1. The fourth-order valence-corrected chi connectivity index (χ4v) is 2.46. The Bertz CT molecular complexity index is 999. The van der Waals surface area contributed by atoms with Crippen molar-refractivity contribution in [1.82, 2.24) is 10.0 Å². The number of carbonyl (C=O) groups is 1. The molecule has 2 N–H and O–H groups in total. The Morgan fingerprint density at radius 2 is 1.96 bits per heavy atom. The number of hydrogen-bond donors (Lipinski definition) is 2. The van der Waals surface area contributed by atoms with Gasteiger partial charge in [-0.15, -0.1) is 0 Å². The lowest BCUT2D eigenvalue weighted by Gasteiger charge is -2.09. The molecule has 7 heteroatoms. The van der Waals surface area contributed by atoms with Gasteiger partial charge in [0.15, 0.2) is 11.6 Å². The van der Waals surface area contributed by atoms with Crippen molar-refractivity contribution < 1.29 is 18.8 Å². The van der Waals surface area contributed by atoms with Crippen LogP contribution in [-0.4, -0.2) is 15.7 Å². The first-order valence-corrected chi connectivity index (χ1v) is 7.02. The molecule has 0 atom stereocenters. The fraction of sp³-hybridized carbons (Fsp3) is 0.0588. The molecule has 0 saturated heterocycles. The molecular formula is C17H12F2N2O3. The molecule has 0 spiro atoms. The smallest absolute Gasteiger partial charge is 0.274 e. The summed E-state index contributed by atoms with van der Waals surface area (Å²) in [5, 5.41) is 9.50. The fourth-order valence-electron chi connectivity index (χ4n) is 2.46. The van der Waals surface area contributed by atoms with Gasteiger partial charge in [-0.2, -0.15) is 0 Å². The predicted octanol–water partition coefficient (Wildman–Crippen LogP) is 2.45. The first kappa shape index (κ1) is 15.8. The van der Waals surface area contributed by atoms with Crippen LogP contribution in [0.3, 0.4) is 0 Å². The number of benzene rings is 2. The van der Waals surface area contributed by atoms with Crippen LogP contribution in [-0.2, 0) is 6.54 Å². The van der Waals surface area contributed by atoms with E-state index in [-0.39, 0.29) is 23.1 Å². The molecule has 0 fully saturated rings. The van der Waals surface area contributed by atoms with Crippen LogP contribution >= 0.6 is 0 Å². The Labute approximate surface area is 134 Å². The van der Waals surface area contributed by atoms with Crippen molar-refractivity contribution in [3.8, 4) is 0 Å². The molecule has 2 aromatic carbocycles. The molecule has 5 nitrogen and oxygen atoms in total. The summed E-state index contributed by atoms with van der Waals surface area (Å²) in [6.07, 6.45) is 1.47. The predicted molar refractivity (Wildman–Crippen MR) is 82.9 cm³/mol. The molecule has 122 valence electrons. The number of hydrogen-bond acceptors (Lipinski definition) is 3. The number of nitrogens with one attached hydrogen (secondary N) is 1. The second kappa shape index (κ2) is 6.21. The quantitative estimate of drug-likeness (QED) is 0.572. The van der Waals surface area contributed by atoms with E-state index in [9.17, 15) is 18.4 Å². The Balaban J connectivity index is 2.09. The second-order valence-corrected chi connectivity index (χ2v) is 5.20. The highest BCUT2D eigenvalue weighted by atomic mass is 19.2. The highest BCUT2D eigenvalue weighted by Gasteiger charge is 2.11. The minimum Gasteiger partial charge on any atom is -0.310 e. The van der Waals surface area contributed by atoms with Gasteiger partial charge in [0.1, 0.15) is 0 Å². The van der Waals surface area contributed by atoms with E-state index in [1.807, 2.05) is 0 Å². The average Bonchev–Trinajstić information content (AvgIpc) is 2.60. The maximum absolute atomic E-state index is 13.8. The Kier molecular flexibility index (Phi) is 4.09. The number of rotatable bonds is 3. The van der Waals surface area contributed by atoms with E-state index in [1.165, 1.54) is 40.5 Å². The summed E-state index contributed by atoms with van der Waals surface area (Å²) >= 11 is 0. The number of aromatic nitrogens is 1. The van der Waals surface area contributed by atoms with Gasteiger partial charge in [0.25, 0.3) is 11.5 Å². The molecule has 0 aliphatic heterocycles. The standard InChI is InChI=1S/C17H12F2N2O3/c18-14-3-1-2-12(15(14)19)9-21-7-6-10-4-5-11(16(22)20-24)8-13(10)17(21)23/h1-8,24H,9H2,(H,20,22). The summed E-state index contributed by atoms with van der Waals surface area (Å²) in [5.41, 5.74) is 1.19. The summed E-state index contributed by atoms with van der Waals surface area (Å²) in [6.45, 7) is -0.144. The Morgan fingerprint density at radius 1 is 1.17 bits per heavy atom. The Hall–Kier alpha value is -3.06. The zero-order chi connectivity index (χ0) is 17.3. The topological polar surface area (TPSA) is 71.3 Å². The van der Waals surface area contributed by atoms with Crippen molar-refractivity contribution >= 4 is 16.7 Å². The van der Waals surface area contributed by atoms with Crippen molar-refractivity contribution in [1.29, 1.82) is 0 Å². The molecule has 0 aliphatic rings. The van der Waals surface area contributed by atoms with E-state index in [2.05, 4.69) is 0 Å². The van der Waals surface area contributed by atoms with Crippen LogP contribution in [0.2, 0.25) is 0 Å². The number of carbonyl (C=O) groups excluding carboxylic acids is 1. The third-order valence-electron chi connectivity index (χ3n) is 3.71. The molecule has 0 saturated carbocycles. The molecule has 24 heavy (non-hydrogen) atoms. The molecule has 3 aromatic rings. The summed E-state index contributed by atoms with van der Waals surface area (Å²) in [4.78, 5) is 24.0. The second-order valence-electron chi connectivity index (χ2n) is 5.20. The van der Waals surface area contributed by atoms with Gasteiger partial charge in [0.2, 0.25) is 0 Å². The van der Waals surface area contributed by atoms with Crippen LogP contribution in [0.15, 0.2) is 53.5 Å². The molecule has 0 unspecified atom stereocenters. The van der Waals surface area contributed by atoms with Crippen LogP contribution < -0.4 is 11.0 Å². The Morgan fingerprint density at radius 3 is 2.71 bits per heavy atom. The van der Waals surface area contributed by atoms with Gasteiger partial charge in [-0.1, -0.05) is 18.2 Å². The van der Waals surface area contributed by atoms with Gasteiger partial charge in [-0.25, -0.2) is 14.3 Å². The summed E-state index contributed by atoms with van der Waals surface area (Å²) in [5.74, 6) is -2.73. The van der Waals surface area contributed by atoms with E-state index >= 15 is 0 Å². The minimum atomic E-state index is -1.00. The number of nitrogens with zero attached hydrogens (tertiary/aromatic N) is 1. The van der Waals surface area contributed by atoms with E-state index in [0.29, 0.717) is 5.39 Å². The normalized spacial score (nSPS) is 10.8. The largest absolute Gasteiger partial charge is 0.310 e. The maximum atomic E-state index is 13.8. The van der Waals surface area contributed by atoms with E-state index < -0.39 is 23.1 Å². The van der Waals surface area contributed by atoms with Crippen LogP contribution in [0.1, 0.15) is 15.9 Å². The average molecular weight is 330 g/mol. The van der Waals surface area contributed by atoms with Crippen LogP contribution in [0.5, 0.6) is 0 Å². The maximum Gasteiger partial charge on any atom is 0.274 e. The van der Waals surface area contributed by atoms with Crippen LogP contribution in [0.25, 0.3) is 10.8 Å². The third kappa shape index (κ3) is 2.77. The van der Waals surface area contributed by atoms with Gasteiger partial charge < -0.3 is 4.57 Å². The van der Waals surface area contributed by atoms with E-state index in [4.69, 9.17) is 5.21 Å². The molecule has 1 amide bonds. The molecule has 0 bridgehead atoms. The highest BCUT2D eigenvalue weighted by molar-refractivity contribution is 5.97. The SMILES string of the molecule is O=C(NO)c1ccc2ccn(Cc3cccc(F)c3F)c(=O)c2c1. The van der Waals surface area contributed by atoms with E-state index in [1.54, 1.807) is 12.1 Å². The lowest BCUT2D eigenvalue weighted by atomic mass is 10.1. The van der Waals surface area contributed by atoms with Crippen molar-refractivity contribution in [2.75, 3.05) is 0 Å². The molecule has 1 heterocycles. The van der Waals surface area contributed by atoms with Crippen molar-refractivity contribution in [3.63, 3.8) is 0 Å². The highest BCUT2D eigenvalue weighted by Crippen LogP contribution is 2.15. The van der Waals surface area contributed by atoms with Crippen molar-refractivity contribution in [3.05, 3.63) is 81.8 Å². The van der Waals surface area contributed by atoms with Gasteiger partial charge in [0.05, 0.1) is 6.54 Å². The molecule has 1 aromatic heterocycles. The summed E-state index contributed by atoms with van der Waals surface area (Å²) in [6, 6.07) is 9.75.